The van der Waals surface area contributed by atoms with Crippen LogP contribution in [0.2, 0.25) is 0 Å². The van der Waals surface area contributed by atoms with Gasteiger partial charge in [0, 0.05) is 17.0 Å². The molecule has 0 aliphatic heterocycles. The Balaban J connectivity index is 0.000000461. The second kappa shape index (κ2) is 5.22. The number of hydrogen-bond donors (Lipinski definition) is 0. The molecule has 2 rings (SSSR count). The molecule has 1 heterocycles. The van der Waals surface area contributed by atoms with Crippen molar-refractivity contribution in [2.24, 2.45) is 0 Å². The zero-order valence-electron chi connectivity index (χ0n) is 8.82. The standard InChI is InChI=1S/C10H9NO.C2H6/c1-12-10-7-11-6-8-4-2-3-5-9(8)10;1-2/h2-7H,1H3;1-2H3. The normalized spacial score (nSPS) is 9.07. The van der Waals surface area contributed by atoms with Crippen LogP contribution in [0.3, 0.4) is 0 Å². The van der Waals surface area contributed by atoms with E-state index in [0.717, 1.165) is 16.5 Å². The molecule has 0 atom stereocenters. The van der Waals surface area contributed by atoms with Crippen LogP contribution in [-0.2, 0) is 0 Å². The summed E-state index contributed by atoms with van der Waals surface area (Å²) >= 11 is 0. The molecule has 1 aromatic carbocycles. The molecule has 14 heavy (non-hydrogen) atoms. The van der Waals surface area contributed by atoms with Gasteiger partial charge in [0.15, 0.2) is 0 Å². The van der Waals surface area contributed by atoms with Crippen LogP contribution in [0.4, 0.5) is 0 Å². The molecule has 0 aliphatic rings. The highest BCUT2D eigenvalue weighted by Crippen LogP contribution is 2.22. The van der Waals surface area contributed by atoms with Crippen LogP contribution in [0, 0.1) is 0 Å². The summed E-state index contributed by atoms with van der Waals surface area (Å²) in [4.78, 5) is 4.06. The van der Waals surface area contributed by atoms with Crippen LogP contribution in [0.25, 0.3) is 10.8 Å². The lowest BCUT2D eigenvalue weighted by Gasteiger charge is -2.02. The average molecular weight is 189 g/mol. The molecular weight excluding hydrogens is 174 g/mol. The summed E-state index contributed by atoms with van der Waals surface area (Å²) < 4.78 is 5.16. The van der Waals surface area contributed by atoms with Gasteiger partial charge in [0.05, 0.1) is 13.3 Å². The predicted molar refractivity (Wildman–Crippen MR) is 59.6 cm³/mol. The third kappa shape index (κ3) is 2.02. The van der Waals surface area contributed by atoms with Gasteiger partial charge in [-0.3, -0.25) is 4.98 Å². The highest BCUT2D eigenvalue weighted by Gasteiger charge is 1.98. The van der Waals surface area contributed by atoms with Crippen molar-refractivity contribution in [3.63, 3.8) is 0 Å². The van der Waals surface area contributed by atoms with Gasteiger partial charge in [-0.1, -0.05) is 38.1 Å². The highest BCUT2D eigenvalue weighted by molar-refractivity contribution is 5.87. The van der Waals surface area contributed by atoms with Gasteiger partial charge in [-0.15, -0.1) is 0 Å². The fraction of sp³-hybridized carbons (Fsp3) is 0.250. The Bertz CT molecular complexity index is 393. The number of pyridine rings is 1. The first-order valence-corrected chi connectivity index (χ1v) is 4.78. The SMILES string of the molecule is CC.COc1cncc2ccccc12. The smallest absolute Gasteiger partial charge is 0.144 e. The van der Waals surface area contributed by atoms with E-state index < -0.39 is 0 Å². The molecular formula is C12H15NO. The van der Waals surface area contributed by atoms with Gasteiger partial charge in [0.25, 0.3) is 0 Å². The number of rotatable bonds is 1. The van der Waals surface area contributed by atoms with Crippen molar-refractivity contribution in [3.05, 3.63) is 36.7 Å². The van der Waals surface area contributed by atoms with Crippen LogP contribution in [0.1, 0.15) is 13.8 Å². The van der Waals surface area contributed by atoms with E-state index in [4.69, 9.17) is 4.74 Å². The van der Waals surface area contributed by atoms with Crippen LogP contribution in [-0.4, -0.2) is 12.1 Å². The van der Waals surface area contributed by atoms with Crippen molar-refractivity contribution in [1.82, 2.24) is 4.98 Å². The van der Waals surface area contributed by atoms with Crippen molar-refractivity contribution in [3.8, 4) is 5.75 Å². The van der Waals surface area contributed by atoms with Gasteiger partial charge in [-0.2, -0.15) is 0 Å². The van der Waals surface area contributed by atoms with Gasteiger partial charge in [0.1, 0.15) is 5.75 Å². The van der Waals surface area contributed by atoms with Crippen molar-refractivity contribution < 1.29 is 4.74 Å². The molecule has 2 aromatic rings. The second-order valence-corrected chi connectivity index (χ2v) is 2.56. The molecule has 0 saturated heterocycles. The molecule has 0 aliphatic carbocycles. The number of benzene rings is 1. The third-order valence-corrected chi connectivity index (χ3v) is 1.85. The molecule has 0 fully saturated rings. The summed E-state index contributed by atoms with van der Waals surface area (Å²) in [5, 5.41) is 2.21. The number of nitrogens with zero attached hydrogens (tertiary/aromatic N) is 1. The Morgan fingerprint density at radius 2 is 1.79 bits per heavy atom. The second-order valence-electron chi connectivity index (χ2n) is 2.56. The number of ether oxygens (including phenoxy) is 1. The lowest BCUT2D eigenvalue weighted by molar-refractivity contribution is 0.418. The number of fused-ring (bicyclic) bond motifs is 1. The molecule has 0 spiro atoms. The van der Waals surface area contributed by atoms with Crippen molar-refractivity contribution in [2.75, 3.05) is 7.11 Å². The lowest BCUT2D eigenvalue weighted by Crippen LogP contribution is -1.85. The Morgan fingerprint density at radius 1 is 1.07 bits per heavy atom. The molecule has 2 nitrogen and oxygen atoms in total. The van der Waals surface area contributed by atoms with E-state index >= 15 is 0 Å². The Morgan fingerprint density at radius 3 is 2.50 bits per heavy atom. The van der Waals surface area contributed by atoms with Crippen molar-refractivity contribution >= 4 is 10.8 Å². The van der Waals surface area contributed by atoms with E-state index in [-0.39, 0.29) is 0 Å². The topological polar surface area (TPSA) is 22.1 Å². The van der Waals surface area contributed by atoms with Crippen LogP contribution < -0.4 is 4.74 Å². The summed E-state index contributed by atoms with van der Waals surface area (Å²) in [5.74, 6) is 0.827. The van der Waals surface area contributed by atoms with E-state index in [9.17, 15) is 0 Å². The van der Waals surface area contributed by atoms with Crippen LogP contribution in [0.5, 0.6) is 5.75 Å². The van der Waals surface area contributed by atoms with Gasteiger partial charge >= 0.3 is 0 Å². The number of methoxy groups -OCH3 is 1. The van der Waals surface area contributed by atoms with E-state index in [1.54, 1.807) is 13.3 Å². The van der Waals surface area contributed by atoms with Gasteiger partial charge in [0.2, 0.25) is 0 Å². The Kier molecular flexibility index (Phi) is 3.92. The molecule has 74 valence electrons. The zero-order valence-corrected chi connectivity index (χ0v) is 8.82. The quantitative estimate of drug-likeness (QED) is 0.686. The molecule has 1 aromatic heterocycles. The molecule has 0 unspecified atom stereocenters. The summed E-state index contributed by atoms with van der Waals surface area (Å²) in [5.41, 5.74) is 0. The summed E-state index contributed by atoms with van der Waals surface area (Å²) in [6, 6.07) is 8.02. The molecule has 0 saturated carbocycles. The summed E-state index contributed by atoms with van der Waals surface area (Å²) in [6.07, 6.45) is 3.56. The van der Waals surface area contributed by atoms with Crippen LogP contribution >= 0.6 is 0 Å². The first-order chi connectivity index (χ1) is 6.92. The average Bonchev–Trinajstić information content (AvgIpc) is 2.31. The fourth-order valence-corrected chi connectivity index (χ4v) is 1.25. The highest BCUT2D eigenvalue weighted by atomic mass is 16.5. The van der Waals surface area contributed by atoms with E-state index in [0.29, 0.717) is 0 Å². The molecule has 0 bridgehead atoms. The molecule has 2 heteroatoms. The van der Waals surface area contributed by atoms with Crippen molar-refractivity contribution in [1.29, 1.82) is 0 Å². The minimum absolute atomic E-state index is 0.827. The predicted octanol–water partition coefficient (Wildman–Crippen LogP) is 3.27. The van der Waals surface area contributed by atoms with Crippen molar-refractivity contribution in [2.45, 2.75) is 13.8 Å². The first kappa shape index (κ1) is 10.5. The van der Waals surface area contributed by atoms with Crippen LogP contribution in [0.15, 0.2) is 36.7 Å². The molecule has 0 amide bonds. The molecule has 0 radical (unpaired) electrons. The van der Waals surface area contributed by atoms with Gasteiger partial charge in [-0.05, 0) is 0 Å². The maximum absolute atomic E-state index is 5.16. The van der Waals surface area contributed by atoms with Gasteiger partial charge in [-0.25, -0.2) is 0 Å². The summed E-state index contributed by atoms with van der Waals surface area (Å²) in [6.45, 7) is 4.00. The fourth-order valence-electron chi connectivity index (χ4n) is 1.25. The minimum Gasteiger partial charge on any atom is -0.494 e. The largest absolute Gasteiger partial charge is 0.494 e. The van der Waals surface area contributed by atoms with E-state index in [1.165, 1.54) is 0 Å². The Labute approximate surface area is 84.5 Å². The Hall–Kier alpha value is -1.57. The third-order valence-electron chi connectivity index (χ3n) is 1.85. The lowest BCUT2D eigenvalue weighted by atomic mass is 10.2. The minimum atomic E-state index is 0.827. The maximum atomic E-state index is 5.16. The number of aromatic nitrogens is 1. The monoisotopic (exact) mass is 189 g/mol. The van der Waals surface area contributed by atoms with E-state index in [1.807, 2.05) is 44.3 Å². The maximum Gasteiger partial charge on any atom is 0.144 e. The summed E-state index contributed by atoms with van der Waals surface area (Å²) in [7, 11) is 1.66. The van der Waals surface area contributed by atoms with Gasteiger partial charge < -0.3 is 4.74 Å². The first-order valence-electron chi connectivity index (χ1n) is 4.78. The molecule has 0 N–H and O–H groups in total. The van der Waals surface area contributed by atoms with E-state index in [2.05, 4.69) is 4.98 Å². The zero-order chi connectivity index (χ0) is 10.4. The number of hydrogen-bond acceptors (Lipinski definition) is 2.